The normalized spacial score (nSPS) is 49.6. The molecule has 2 N–H and O–H groups in total. The third-order valence-corrected chi connectivity index (χ3v) is 5.27. The summed E-state index contributed by atoms with van der Waals surface area (Å²) in [6, 6.07) is 6.38. The molecule has 5 rings (SSSR count). The fourth-order valence-electron chi connectivity index (χ4n) is 5.38. The first kappa shape index (κ1) is 10.9. The largest absolute Gasteiger partial charge is 0.279 e. The lowest BCUT2D eigenvalue weighted by atomic mass is 9.63. The van der Waals surface area contributed by atoms with Gasteiger partial charge in [-0.25, -0.2) is 4.98 Å². The van der Waals surface area contributed by atoms with Gasteiger partial charge in [0.05, 0.1) is 37.0 Å². The van der Waals surface area contributed by atoms with Crippen LogP contribution in [0.1, 0.15) is 32.1 Å². The lowest BCUT2D eigenvalue weighted by Gasteiger charge is -2.60. The minimum atomic E-state index is 0.571. The standard InChI is InChI=1S/C15H21N3/c1-14-7-15(2)10-17(8-14)13(18(9-14)11-15)12-5-3-4-6-16-12/h3-6,13H,7-11H2,1-2H3/p+2. The molecular formula is C15H23N3+2. The Hall–Kier alpha value is -0.930. The predicted octanol–water partition coefficient (Wildman–Crippen LogP) is -0.706. The molecule has 4 saturated heterocycles. The summed E-state index contributed by atoms with van der Waals surface area (Å²) in [6.45, 7) is 10.4. The molecule has 0 unspecified atom stereocenters. The van der Waals surface area contributed by atoms with Gasteiger partial charge in [0.2, 0.25) is 0 Å². The summed E-state index contributed by atoms with van der Waals surface area (Å²) >= 11 is 0. The first-order chi connectivity index (χ1) is 8.57. The third kappa shape index (κ3) is 1.47. The van der Waals surface area contributed by atoms with E-state index < -0.39 is 0 Å². The van der Waals surface area contributed by atoms with Crippen molar-refractivity contribution in [1.29, 1.82) is 0 Å². The zero-order valence-corrected chi connectivity index (χ0v) is 11.4. The number of nitrogens with zero attached hydrogens (tertiary/aromatic N) is 1. The van der Waals surface area contributed by atoms with Crippen molar-refractivity contribution in [2.45, 2.75) is 26.4 Å². The summed E-state index contributed by atoms with van der Waals surface area (Å²) < 4.78 is 0. The van der Waals surface area contributed by atoms with Crippen LogP contribution in [0, 0.1) is 10.8 Å². The predicted molar refractivity (Wildman–Crippen MR) is 69.2 cm³/mol. The highest BCUT2D eigenvalue weighted by atomic mass is 15.4. The zero-order chi connectivity index (χ0) is 12.4. The molecule has 1 aromatic heterocycles. The first-order valence-electron chi connectivity index (χ1n) is 7.17. The molecule has 3 heteroatoms. The number of nitrogens with one attached hydrogen (secondary N) is 2. The summed E-state index contributed by atoms with van der Waals surface area (Å²) in [5.74, 6) is 0. The third-order valence-electron chi connectivity index (χ3n) is 5.27. The van der Waals surface area contributed by atoms with Crippen LogP contribution in [0.2, 0.25) is 0 Å². The average molecular weight is 245 g/mol. The molecule has 4 bridgehead atoms. The number of rotatable bonds is 1. The van der Waals surface area contributed by atoms with Gasteiger partial charge >= 0.3 is 0 Å². The fourth-order valence-corrected chi connectivity index (χ4v) is 5.38. The van der Waals surface area contributed by atoms with Gasteiger partial charge in [-0.05, 0) is 32.4 Å². The van der Waals surface area contributed by atoms with E-state index in [-0.39, 0.29) is 0 Å². The maximum atomic E-state index is 4.63. The minimum absolute atomic E-state index is 0.571. The molecule has 0 aliphatic carbocycles. The van der Waals surface area contributed by atoms with E-state index in [1.807, 2.05) is 12.3 Å². The maximum absolute atomic E-state index is 4.63. The summed E-state index contributed by atoms with van der Waals surface area (Å²) in [5.41, 5.74) is 2.44. The molecule has 0 aromatic carbocycles. The second-order valence-electron chi connectivity index (χ2n) is 7.51. The van der Waals surface area contributed by atoms with Crippen molar-refractivity contribution in [3.63, 3.8) is 0 Å². The van der Waals surface area contributed by atoms with E-state index in [0.717, 1.165) is 0 Å². The highest BCUT2D eigenvalue weighted by molar-refractivity contribution is 5.06. The van der Waals surface area contributed by atoms with Gasteiger partial charge in [0.1, 0.15) is 0 Å². The van der Waals surface area contributed by atoms with Crippen molar-refractivity contribution >= 4 is 0 Å². The summed E-state index contributed by atoms with van der Waals surface area (Å²) in [7, 11) is 0. The lowest BCUT2D eigenvalue weighted by molar-refractivity contribution is -1.18. The topological polar surface area (TPSA) is 21.8 Å². The fraction of sp³-hybridized carbons (Fsp3) is 0.667. The average Bonchev–Trinajstić information content (AvgIpc) is 2.25. The van der Waals surface area contributed by atoms with E-state index in [0.29, 0.717) is 17.0 Å². The Bertz CT molecular complexity index is 434. The monoisotopic (exact) mass is 245 g/mol. The first-order valence-corrected chi connectivity index (χ1v) is 7.17. The van der Waals surface area contributed by atoms with Crippen LogP contribution >= 0.6 is 0 Å². The Kier molecular flexibility index (Phi) is 2.03. The molecule has 0 radical (unpaired) electrons. The molecule has 3 nitrogen and oxygen atoms in total. The van der Waals surface area contributed by atoms with Crippen LogP contribution in [-0.2, 0) is 0 Å². The van der Waals surface area contributed by atoms with Gasteiger partial charge in [0.25, 0.3) is 6.17 Å². The van der Waals surface area contributed by atoms with Crippen LogP contribution in [0.15, 0.2) is 24.4 Å². The molecule has 0 saturated carbocycles. The molecule has 5 heterocycles. The molecule has 4 aliphatic heterocycles. The van der Waals surface area contributed by atoms with Gasteiger partial charge in [-0.1, -0.05) is 6.07 Å². The van der Waals surface area contributed by atoms with Crippen molar-refractivity contribution in [3.8, 4) is 0 Å². The number of quaternary nitrogens is 2. The number of hydrogen-bond donors (Lipinski definition) is 2. The van der Waals surface area contributed by atoms with E-state index >= 15 is 0 Å². The SMILES string of the molecule is CC12C[NH+]3CC(C)(C[NH+](C1)C3c1ccccn1)C2. The van der Waals surface area contributed by atoms with Crippen LogP contribution in [0.3, 0.4) is 0 Å². The van der Waals surface area contributed by atoms with E-state index in [4.69, 9.17) is 0 Å². The molecule has 18 heavy (non-hydrogen) atoms. The van der Waals surface area contributed by atoms with Crippen LogP contribution in [0.25, 0.3) is 0 Å². The quantitative estimate of drug-likeness (QED) is 0.670. The summed E-state index contributed by atoms with van der Waals surface area (Å²) in [6.07, 6.45) is 3.97. The second kappa shape index (κ2) is 3.34. The number of piperidine rings is 2. The van der Waals surface area contributed by atoms with Crippen LogP contribution in [0.5, 0.6) is 0 Å². The van der Waals surface area contributed by atoms with Gasteiger partial charge in [0, 0.05) is 6.20 Å². The molecule has 4 fully saturated rings. The molecular weight excluding hydrogens is 222 g/mol. The van der Waals surface area contributed by atoms with Crippen LogP contribution in [-0.4, -0.2) is 31.2 Å². The van der Waals surface area contributed by atoms with E-state index in [1.54, 1.807) is 9.80 Å². The van der Waals surface area contributed by atoms with Crippen molar-refractivity contribution in [3.05, 3.63) is 30.1 Å². The van der Waals surface area contributed by atoms with E-state index in [1.165, 1.54) is 38.3 Å². The molecule has 0 amide bonds. The second-order valence-corrected chi connectivity index (χ2v) is 7.51. The number of hydrogen-bond acceptors (Lipinski definition) is 1. The van der Waals surface area contributed by atoms with Gasteiger partial charge in [-0.15, -0.1) is 0 Å². The van der Waals surface area contributed by atoms with Gasteiger partial charge < -0.3 is 0 Å². The van der Waals surface area contributed by atoms with E-state index in [2.05, 4.69) is 31.0 Å². The smallest absolute Gasteiger partial charge is 0.257 e. The maximum Gasteiger partial charge on any atom is 0.257 e. The Morgan fingerprint density at radius 2 is 1.67 bits per heavy atom. The summed E-state index contributed by atoms with van der Waals surface area (Å²) in [5, 5.41) is 0. The number of aromatic nitrogens is 1. The highest BCUT2D eigenvalue weighted by Gasteiger charge is 2.62. The molecule has 1 aromatic rings. The van der Waals surface area contributed by atoms with E-state index in [9.17, 15) is 0 Å². The van der Waals surface area contributed by atoms with Crippen molar-refractivity contribution < 1.29 is 9.80 Å². The van der Waals surface area contributed by atoms with Crippen molar-refractivity contribution in [1.82, 2.24) is 4.98 Å². The molecule has 0 atom stereocenters. The lowest BCUT2D eigenvalue weighted by Crippen LogP contribution is -3.40. The minimum Gasteiger partial charge on any atom is -0.279 e. The zero-order valence-electron chi connectivity index (χ0n) is 11.4. The number of pyridine rings is 1. The van der Waals surface area contributed by atoms with Crippen molar-refractivity contribution in [2.75, 3.05) is 26.2 Å². The van der Waals surface area contributed by atoms with Crippen LogP contribution in [0.4, 0.5) is 0 Å². The molecule has 96 valence electrons. The van der Waals surface area contributed by atoms with Gasteiger partial charge in [0.15, 0.2) is 5.69 Å². The van der Waals surface area contributed by atoms with Gasteiger partial charge in [-0.3, -0.25) is 9.80 Å². The van der Waals surface area contributed by atoms with Crippen LogP contribution < -0.4 is 9.80 Å². The highest BCUT2D eigenvalue weighted by Crippen LogP contribution is 2.39. The van der Waals surface area contributed by atoms with Gasteiger partial charge in [-0.2, -0.15) is 0 Å². The Balaban J connectivity index is 1.73. The molecule has 4 aliphatic rings. The Morgan fingerprint density at radius 3 is 2.17 bits per heavy atom. The van der Waals surface area contributed by atoms with Crippen molar-refractivity contribution in [2.24, 2.45) is 10.8 Å². The Labute approximate surface area is 109 Å². The molecule has 0 spiro atoms. The Morgan fingerprint density at radius 1 is 1.06 bits per heavy atom. The summed E-state index contributed by atoms with van der Waals surface area (Å²) in [4.78, 5) is 8.18.